The van der Waals surface area contributed by atoms with Crippen molar-refractivity contribution in [1.82, 2.24) is 4.90 Å². The van der Waals surface area contributed by atoms with Crippen LogP contribution in [0.25, 0.3) is 0 Å². The second-order valence-corrected chi connectivity index (χ2v) is 8.38. The Morgan fingerprint density at radius 1 is 1.19 bits per heavy atom. The monoisotopic (exact) mass is 628 g/mol. The lowest BCUT2D eigenvalue weighted by molar-refractivity contribution is -0.117. The van der Waals surface area contributed by atoms with Crippen LogP contribution in [0.4, 0.5) is 5.69 Å². The summed E-state index contributed by atoms with van der Waals surface area (Å²) in [5.74, 6) is 0.0108. The van der Waals surface area contributed by atoms with Crippen LogP contribution in [0, 0.1) is 10.7 Å². The molecule has 0 spiro atoms. The molecule has 0 unspecified atom stereocenters. The summed E-state index contributed by atoms with van der Waals surface area (Å²) in [5.41, 5.74) is 0.898. The zero-order valence-electron chi connectivity index (χ0n) is 11.8. The highest BCUT2D eigenvalue weighted by Crippen LogP contribution is 2.27. The van der Waals surface area contributed by atoms with Gasteiger partial charge in [-0.15, -0.1) is 0 Å². The number of rotatable bonds is 8. The predicted octanol–water partition coefficient (Wildman–Crippen LogP) is 3.53. The Balaban J connectivity index is 2.47. The average molecular weight is 628 g/mol. The van der Waals surface area contributed by atoms with Gasteiger partial charge in [-0.1, -0.05) is 0 Å². The van der Waals surface area contributed by atoms with E-state index in [2.05, 4.69) is 85.2 Å². The smallest absolute Gasteiger partial charge is 0.238 e. The summed E-state index contributed by atoms with van der Waals surface area (Å²) < 4.78 is 3.28. The van der Waals surface area contributed by atoms with Gasteiger partial charge in [0.1, 0.15) is 0 Å². The van der Waals surface area contributed by atoms with Crippen molar-refractivity contribution in [2.24, 2.45) is 0 Å². The van der Waals surface area contributed by atoms with E-state index in [1.165, 1.54) is 3.57 Å². The maximum Gasteiger partial charge on any atom is 0.238 e. The van der Waals surface area contributed by atoms with Crippen molar-refractivity contribution in [1.29, 1.82) is 0 Å². The maximum atomic E-state index is 12.1. The zero-order chi connectivity index (χ0) is 15.8. The molecular formula is C14H19I3N2O2. The number of nitrogens with one attached hydrogen (secondary N) is 1. The van der Waals surface area contributed by atoms with Crippen LogP contribution >= 0.6 is 67.8 Å². The quantitative estimate of drug-likeness (QED) is 0.343. The van der Waals surface area contributed by atoms with Crippen LogP contribution in [0.5, 0.6) is 0 Å². The first-order valence-corrected chi connectivity index (χ1v) is 9.91. The van der Waals surface area contributed by atoms with Gasteiger partial charge in [0.2, 0.25) is 5.91 Å². The molecule has 0 bridgehead atoms. The van der Waals surface area contributed by atoms with Gasteiger partial charge < -0.3 is 10.4 Å². The lowest BCUT2D eigenvalue weighted by Crippen LogP contribution is -2.31. The Morgan fingerprint density at radius 3 is 2.38 bits per heavy atom. The van der Waals surface area contributed by atoms with Crippen molar-refractivity contribution in [3.8, 4) is 0 Å². The van der Waals surface area contributed by atoms with E-state index in [4.69, 9.17) is 5.11 Å². The van der Waals surface area contributed by atoms with Crippen LogP contribution in [-0.2, 0) is 4.79 Å². The van der Waals surface area contributed by atoms with E-state index in [0.717, 1.165) is 38.6 Å². The number of likely N-dealkylation sites (N-methyl/N-ethyl adjacent to an activating group) is 1. The number of nitrogens with zero attached hydrogens (tertiary/aromatic N) is 1. The highest BCUT2D eigenvalue weighted by Gasteiger charge is 2.12. The van der Waals surface area contributed by atoms with Gasteiger partial charge in [-0.2, -0.15) is 0 Å². The number of benzene rings is 1. The Kier molecular flexibility index (Phi) is 9.97. The van der Waals surface area contributed by atoms with Crippen molar-refractivity contribution in [3.63, 3.8) is 0 Å². The van der Waals surface area contributed by atoms with E-state index in [-0.39, 0.29) is 12.5 Å². The molecule has 4 nitrogen and oxygen atoms in total. The largest absolute Gasteiger partial charge is 0.396 e. The summed E-state index contributed by atoms with van der Waals surface area (Å²) in [6.45, 7) is 1.50. The van der Waals surface area contributed by atoms with Gasteiger partial charge in [0, 0.05) is 17.3 Å². The van der Waals surface area contributed by atoms with Crippen LogP contribution in [0.2, 0.25) is 0 Å². The Labute approximate surface area is 166 Å². The van der Waals surface area contributed by atoms with E-state index in [1.54, 1.807) is 0 Å². The number of unbranched alkanes of at least 4 members (excludes halogenated alkanes) is 2. The van der Waals surface area contributed by atoms with Gasteiger partial charge in [0.25, 0.3) is 0 Å². The Hall–Kier alpha value is 0.800. The SMILES string of the molecule is CN(CCCCCO)CC(=O)Nc1c(I)cc(I)cc1I. The van der Waals surface area contributed by atoms with Crippen LogP contribution < -0.4 is 5.32 Å². The Bertz CT molecular complexity index is 460. The van der Waals surface area contributed by atoms with Crippen molar-refractivity contribution >= 4 is 79.4 Å². The van der Waals surface area contributed by atoms with E-state index in [0.29, 0.717) is 6.54 Å². The van der Waals surface area contributed by atoms with E-state index < -0.39 is 0 Å². The van der Waals surface area contributed by atoms with Gasteiger partial charge in [0.15, 0.2) is 0 Å². The highest BCUT2D eigenvalue weighted by atomic mass is 127. The first-order valence-electron chi connectivity index (χ1n) is 6.68. The fourth-order valence-electron chi connectivity index (χ4n) is 1.84. The number of aliphatic hydroxyl groups excluding tert-OH is 1. The molecule has 0 aromatic heterocycles. The van der Waals surface area contributed by atoms with Gasteiger partial charge in [0.05, 0.1) is 12.2 Å². The molecule has 0 aliphatic rings. The molecule has 0 saturated carbocycles. The summed E-state index contributed by atoms with van der Waals surface area (Å²) in [6, 6.07) is 4.11. The number of amides is 1. The molecule has 1 aromatic carbocycles. The number of halogens is 3. The van der Waals surface area contributed by atoms with Gasteiger partial charge in [-0.25, -0.2) is 0 Å². The Morgan fingerprint density at radius 2 is 1.81 bits per heavy atom. The molecule has 2 N–H and O–H groups in total. The molecule has 0 atom stereocenters. The molecule has 0 heterocycles. The number of carbonyl (C=O) groups is 1. The molecule has 0 aliphatic heterocycles. The minimum absolute atomic E-state index is 0.0108. The molecule has 7 heteroatoms. The lowest BCUT2D eigenvalue weighted by Gasteiger charge is -2.17. The minimum atomic E-state index is 0.0108. The third-order valence-electron chi connectivity index (χ3n) is 2.88. The first kappa shape index (κ1) is 19.8. The summed E-state index contributed by atoms with van der Waals surface area (Å²) >= 11 is 6.77. The van der Waals surface area contributed by atoms with Crippen LogP contribution in [0.3, 0.4) is 0 Å². The summed E-state index contributed by atoms with van der Waals surface area (Å²) in [5, 5.41) is 11.7. The molecule has 0 fully saturated rings. The molecular weight excluding hydrogens is 609 g/mol. The fraction of sp³-hybridized carbons (Fsp3) is 0.500. The standard InChI is InChI=1S/C14H19I3N2O2/c1-19(5-3-2-4-6-20)9-13(21)18-14-11(16)7-10(15)8-12(14)17/h7-8,20H,2-6,9H2,1H3,(H,18,21). The molecule has 0 aliphatic carbocycles. The number of hydrogen-bond acceptors (Lipinski definition) is 3. The lowest BCUT2D eigenvalue weighted by atomic mass is 10.2. The zero-order valence-corrected chi connectivity index (χ0v) is 18.3. The van der Waals surface area contributed by atoms with Crippen molar-refractivity contribution in [2.45, 2.75) is 19.3 Å². The van der Waals surface area contributed by atoms with Crippen molar-refractivity contribution in [3.05, 3.63) is 22.8 Å². The fourth-order valence-corrected chi connectivity index (χ4v) is 5.69. The summed E-state index contributed by atoms with van der Waals surface area (Å²) in [6.07, 6.45) is 2.83. The molecule has 21 heavy (non-hydrogen) atoms. The third-order valence-corrected chi connectivity index (χ3v) is 5.21. The normalized spacial score (nSPS) is 11.0. The van der Waals surface area contributed by atoms with Gasteiger partial charge >= 0.3 is 0 Å². The van der Waals surface area contributed by atoms with Crippen LogP contribution in [0.15, 0.2) is 12.1 Å². The number of anilines is 1. The van der Waals surface area contributed by atoms with Gasteiger partial charge in [-0.05, 0) is 113 Å². The summed E-state index contributed by atoms with van der Waals surface area (Å²) in [7, 11) is 1.95. The first-order chi connectivity index (χ1) is 9.93. The number of carbonyl (C=O) groups excluding carboxylic acids is 1. The second kappa shape index (κ2) is 10.6. The number of aliphatic hydroxyl groups is 1. The van der Waals surface area contributed by atoms with E-state index in [1.807, 2.05) is 11.9 Å². The van der Waals surface area contributed by atoms with Crippen molar-refractivity contribution in [2.75, 3.05) is 32.1 Å². The van der Waals surface area contributed by atoms with Crippen LogP contribution in [-0.4, -0.2) is 42.7 Å². The third kappa shape index (κ3) is 7.75. The van der Waals surface area contributed by atoms with E-state index in [9.17, 15) is 4.79 Å². The molecule has 118 valence electrons. The van der Waals surface area contributed by atoms with Gasteiger partial charge in [-0.3, -0.25) is 9.69 Å². The van der Waals surface area contributed by atoms with E-state index >= 15 is 0 Å². The topological polar surface area (TPSA) is 52.6 Å². The molecule has 0 radical (unpaired) electrons. The predicted molar refractivity (Wildman–Crippen MR) is 112 cm³/mol. The summed E-state index contributed by atoms with van der Waals surface area (Å²) in [4.78, 5) is 14.1. The second-order valence-electron chi connectivity index (χ2n) is 4.81. The molecule has 1 amide bonds. The molecule has 1 aromatic rings. The van der Waals surface area contributed by atoms with Crippen LogP contribution in [0.1, 0.15) is 19.3 Å². The van der Waals surface area contributed by atoms with Crippen molar-refractivity contribution < 1.29 is 9.90 Å². The number of hydrogen-bond donors (Lipinski definition) is 2. The highest BCUT2D eigenvalue weighted by molar-refractivity contribution is 14.1. The average Bonchev–Trinajstić information content (AvgIpc) is 2.39. The molecule has 0 saturated heterocycles. The maximum absolute atomic E-state index is 12.1. The minimum Gasteiger partial charge on any atom is -0.396 e. The molecule has 1 rings (SSSR count).